The fraction of sp³-hybridized carbons (Fsp3) is 0.417. The molecule has 1 rings (SSSR count). The summed E-state index contributed by atoms with van der Waals surface area (Å²) in [7, 11) is -2.28. The normalized spacial score (nSPS) is 12.9. The molecule has 0 saturated heterocycles. The van der Waals surface area contributed by atoms with Crippen LogP contribution < -0.4 is 9.46 Å². The first-order valence-corrected chi connectivity index (χ1v) is 7.50. The van der Waals surface area contributed by atoms with Crippen molar-refractivity contribution in [3.8, 4) is 5.75 Å². The summed E-state index contributed by atoms with van der Waals surface area (Å²) in [6.07, 6.45) is 0.213. The minimum Gasteiger partial charge on any atom is -0.497 e. The second-order valence-corrected chi connectivity index (χ2v) is 5.99. The standard InChI is InChI=1S/C12H17NO6S/c1-19-10-4-2-3-9(7-10)5-6-20(17,18)13-11(8-14)12(15)16/h2-4,7,11,13-14H,5-6,8H2,1H3,(H,15,16). The average Bonchev–Trinajstić information content (AvgIpc) is 2.42. The van der Waals surface area contributed by atoms with Gasteiger partial charge in [-0.25, -0.2) is 8.42 Å². The summed E-state index contributed by atoms with van der Waals surface area (Å²) in [5.74, 6) is -1.08. The Morgan fingerprint density at radius 2 is 2.15 bits per heavy atom. The Balaban J connectivity index is 2.65. The van der Waals surface area contributed by atoms with Gasteiger partial charge in [0.05, 0.1) is 19.5 Å². The van der Waals surface area contributed by atoms with E-state index in [0.717, 1.165) is 5.56 Å². The van der Waals surface area contributed by atoms with Crippen LogP contribution in [-0.2, 0) is 21.2 Å². The third-order valence-electron chi connectivity index (χ3n) is 2.60. The van der Waals surface area contributed by atoms with E-state index in [-0.39, 0.29) is 12.2 Å². The molecule has 1 aromatic rings. The number of sulfonamides is 1. The lowest BCUT2D eigenvalue weighted by Gasteiger charge is -2.12. The van der Waals surface area contributed by atoms with Gasteiger partial charge in [0.25, 0.3) is 0 Å². The molecule has 20 heavy (non-hydrogen) atoms. The maximum Gasteiger partial charge on any atom is 0.324 e. The Morgan fingerprint density at radius 3 is 2.70 bits per heavy atom. The van der Waals surface area contributed by atoms with Crippen LogP contribution in [0.5, 0.6) is 5.75 Å². The van der Waals surface area contributed by atoms with E-state index >= 15 is 0 Å². The monoisotopic (exact) mass is 303 g/mol. The highest BCUT2D eigenvalue weighted by Gasteiger charge is 2.22. The molecule has 0 fully saturated rings. The third kappa shape index (κ3) is 5.16. The van der Waals surface area contributed by atoms with Crippen molar-refractivity contribution in [3.63, 3.8) is 0 Å². The van der Waals surface area contributed by atoms with Crippen molar-refractivity contribution in [1.82, 2.24) is 4.72 Å². The number of carboxylic acids is 1. The van der Waals surface area contributed by atoms with E-state index in [1.54, 1.807) is 24.3 Å². The van der Waals surface area contributed by atoms with E-state index < -0.39 is 28.6 Å². The lowest BCUT2D eigenvalue weighted by molar-refractivity contribution is -0.139. The smallest absolute Gasteiger partial charge is 0.324 e. The van der Waals surface area contributed by atoms with Crippen molar-refractivity contribution >= 4 is 16.0 Å². The van der Waals surface area contributed by atoms with Crippen LogP contribution in [0.2, 0.25) is 0 Å². The molecule has 1 atom stereocenters. The number of carbonyl (C=O) groups is 1. The number of methoxy groups -OCH3 is 1. The van der Waals surface area contributed by atoms with Crippen molar-refractivity contribution < 1.29 is 28.2 Å². The Morgan fingerprint density at radius 1 is 1.45 bits per heavy atom. The summed E-state index contributed by atoms with van der Waals surface area (Å²) in [4.78, 5) is 10.7. The molecule has 7 nitrogen and oxygen atoms in total. The lowest BCUT2D eigenvalue weighted by atomic mass is 10.2. The molecule has 0 aliphatic heterocycles. The van der Waals surface area contributed by atoms with Crippen molar-refractivity contribution in [3.05, 3.63) is 29.8 Å². The number of aliphatic hydroxyl groups is 1. The predicted molar refractivity (Wildman–Crippen MR) is 72.1 cm³/mol. The van der Waals surface area contributed by atoms with Gasteiger partial charge in [-0.3, -0.25) is 4.79 Å². The molecule has 0 saturated carbocycles. The number of hydrogen-bond acceptors (Lipinski definition) is 5. The number of benzene rings is 1. The van der Waals surface area contributed by atoms with E-state index in [0.29, 0.717) is 5.75 Å². The fourth-order valence-corrected chi connectivity index (χ4v) is 2.75. The van der Waals surface area contributed by atoms with Gasteiger partial charge in [0, 0.05) is 0 Å². The maximum absolute atomic E-state index is 11.7. The number of rotatable bonds is 8. The van der Waals surface area contributed by atoms with Gasteiger partial charge in [0.1, 0.15) is 11.8 Å². The lowest BCUT2D eigenvalue weighted by Crippen LogP contribution is -2.44. The van der Waals surface area contributed by atoms with Crippen LogP contribution in [0.4, 0.5) is 0 Å². The predicted octanol–water partition coefficient (Wildman–Crippen LogP) is -0.397. The Bertz CT molecular complexity index is 557. The summed E-state index contributed by atoms with van der Waals surface area (Å²) in [6.45, 7) is -0.798. The van der Waals surface area contributed by atoms with Crippen molar-refractivity contribution in [2.24, 2.45) is 0 Å². The summed E-state index contributed by atoms with van der Waals surface area (Å²) >= 11 is 0. The van der Waals surface area contributed by atoms with E-state index in [1.165, 1.54) is 7.11 Å². The zero-order valence-corrected chi connectivity index (χ0v) is 11.8. The molecule has 0 aliphatic rings. The molecular weight excluding hydrogens is 286 g/mol. The molecule has 0 aliphatic carbocycles. The summed E-state index contributed by atoms with van der Waals surface area (Å²) < 4.78 is 30.4. The van der Waals surface area contributed by atoms with Crippen LogP contribution in [0.15, 0.2) is 24.3 Å². The second kappa shape index (κ2) is 7.22. The van der Waals surface area contributed by atoms with E-state index in [4.69, 9.17) is 14.9 Å². The molecule has 0 amide bonds. The maximum atomic E-state index is 11.7. The molecule has 0 spiro atoms. The first-order valence-electron chi connectivity index (χ1n) is 5.84. The Labute approximate surface area is 117 Å². The third-order valence-corrected chi connectivity index (χ3v) is 3.98. The van der Waals surface area contributed by atoms with Crippen LogP contribution in [0, 0.1) is 0 Å². The summed E-state index contributed by atoms with van der Waals surface area (Å²) in [6, 6.07) is 5.41. The van der Waals surface area contributed by atoms with Crippen LogP contribution in [-0.4, -0.2) is 50.1 Å². The van der Waals surface area contributed by atoms with Crippen molar-refractivity contribution in [2.75, 3.05) is 19.5 Å². The van der Waals surface area contributed by atoms with Gasteiger partial charge in [0.2, 0.25) is 10.0 Å². The molecule has 0 bridgehead atoms. The van der Waals surface area contributed by atoms with Gasteiger partial charge in [-0.05, 0) is 24.1 Å². The van der Waals surface area contributed by atoms with Gasteiger partial charge in [-0.1, -0.05) is 12.1 Å². The zero-order chi connectivity index (χ0) is 15.2. The van der Waals surface area contributed by atoms with Crippen LogP contribution in [0.1, 0.15) is 5.56 Å². The summed E-state index contributed by atoms with van der Waals surface area (Å²) in [5, 5.41) is 17.5. The van der Waals surface area contributed by atoms with Crippen LogP contribution in [0.3, 0.4) is 0 Å². The van der Waals surface area contributed by atoms with Gasteiger partial charge >= 0.3 is 5.97 Å². The van der Waals surface area contributed by atoms with Gasteiger partial charge in [-0.2, -0.15) is 4.72 Å². The molecule has 0 aromatic heterocycles. The van der Waals surface area contributed by atoms with Crippen molar-refractivity contribution in [2.45, 2.75) is 12.5 Å². The molecular formula is C12H17NO6S. The molecule has 8 heteroatoms. The number of aliphatic carboxylic acids is 1. The highest BCUT2D eigenvalue weighted by Crippen LogP contribution is 2.13. The summed E-state index contributed by atoms with van der Waals surface area (Å²) in [5.41, 5.74) is 0.755. The van der Waals surface area contributed by atoms with E-state index in [2.05, 4.69) is 0 Å². The fourth-order valence-electron chi connectivity index (χ4n) is 1.52. The largest absolute Gasteiger partial charge is 0.497 e. The highest BCUT2D eigenvalue weighted by atomic mass is 32.2. The number of carboxylic acid groups (broad SMARTS) is 1. The minimum atomic E-state index is -3.79. The highest BCUT2D eigenvalue weighted by molar-refractivity contribution is 7.89. The molecule has 1 aromatic carbocycles. The second-order valence-electron chi connectivity index (χ2n) is 4.11. The Hall–Kier alpha value is -1.64. The molecule has 0 heterocycles. The van der Waals surface area contributed by atoms with E-state index in [9.17, 15) is 13.2 Å². The van der Waals surface area contributed by atoms with Crippen LogP contribution >= 0.6 is 0 Å². The first-order chi connectivity index (χ1) is 9.38. The van der Waals surface area contributed by atoms with Crippen molar-refractivity contribution in [1.29, 1.82) is 0 Å². The zero-order valence-electron chi connectivity index (χ0n) is 10.9. The molecule has 0 radical (unpaired) electrons. The number of ether oxygens (including phenoxy) is 1. The first kappa shape index (κ1) is 16.4. The van der Waals surface area contributed by atoms with Gasteiger partial charge < -0.3 is 14.9 Å². The average molecular weight is 303 g/mol. The molecule has 3 N–H and O–H groups in total. The van der Waals surface area contributed by atoms with Crippen LogP contribution in [0.25, 0.3) is 0 Å². The van der Waals surface area contributed by atoms with E-state index in [1.807, 2.05) is 4.72 Å². The van der Waals surface area contributed by atoms with Gasteiger partial charge in [-0.15, -0.1) is 0 Å². The number of aryl methyl sites for hydroxylation is 1. The number of aliphatic hydroxyl groups excluding tert-OH is 1. The Kier molecular flexibility index (Phi) is 5.93. The topological polar surface area (TPSA) is 113 Å². The van der Waals surface area contributed by atoms with Gasteiger partial charge in [0.15, 0.2) is 0 Å². The quantitative estimate of drug-likeness (QED) is 0.602. The molecule has 1 unspecified atom stereocenters. The SMILES string of the molecule is COc1cccc(CCS(=O)(=O)NC(CO)C(=O)O)c1. The number of nitrogens with one attached hydrogen (secondary N) is 1. The number of hydrogen-bond donors (Lipinski definition) is 3. The minimum absolute atomic E-state index is 0.213. The molecule has 112 valence electrons.